The summed E-state index contributed by atoms with van der Waals surface area (Å²) in [6, 6.07) is 28.0. The van der Waals surface area contributed by atoms with Gasteiger partial charge >= 0.3 is 0 Å². The predicted octanol–water partition coefficient (Wildman–Crippen LogP) is 6.15. The Morgan fingerprint density at radius 1 is 0.879 bits per heavy atom. The monoisotopic (exact) mass is 550 g/mol. The second-order valence-corrected chi connectivity index (χ2v) is 9.91. The van der Waals surface area contributed by atoms with Crippen molar-refractivity contribution in [2.24, 2.45) is 4.99 Å². The van der Waals surface area contributed by atoms with Crippen molar-refractivity contribution in [3.63, 3.8) is 0 Å². The van der Waals surface area contributed by atoms with Crippen LogP contribution in [0.2, 0.25) is 0 Å². The number of rotatable bonds is 5. The number of benzene rings is 3. The molecule has 5 rings (SSSR count). The zero-order chi connectivity index (χ0) is 22.7. The summed E-state index contributed by atoms with van der Waals surface area (Å²) in [5, 5.41) is 3.36. The van der Waals surface area contributed by atoms with E-state index in [9.17, 15) is 4.79 Å². The van der Waals surface area contributed by atoms with Crippen LogP contribution in [0.15, 0.2) is 89.9 Å². The number of hydrogen-bond donors (Lipinski definition) is 1. The van der Waals surface area contributed by atoms with Crippen molar-refractivity contribution in [2.75, 3.05) is 0 Å². The number of nitrogens with one attached hydrogen (secondary N) is 1. The van der Waals surface area contributed by atoms with E-state index < -0.39 is 11.6 Å². The molecule has 1 saturated carbocycles. The molecule has 1 amide bonds. The van der Waals surface area contributed by atoms with Crippen LogP contribution in [-0.4, -0.2) is 17.8 Å². The fraction of sp³-hybridized carbons (Fsp3) is 0.286. The first-order valence-corrected chi connectivity index (χ1v) is 12.7. The number of amides is 1. The summed E-state index contributed by atoms with van der Waals surface area (Å²) < 4.78 is 7.62. The van der Waals surface area contributed by atoms with Crippen LogP contribution in [0.25, 0.3) is 0 Å². The lowest BCUT2D eigenvalue weighted by molar-refractivity contribution is -0.130. The van der Waals surface area contributed by atoms with Crippen molar-refractivity contribution in [3.05, 3.63) is 105 Å². The maximum atomic E-state index is 14.2. The molecule has 33 heavy (non-hydrogen) atoms. The van der Waals surface area contributed by atoms with Crippen LogP contribution in [-0.2, 0) is 15.1 Å². The first-order chi connectivity index (χ1) is 16.2. The third-order valence-corrected chi connectivity index (χ3v) is 7.53. The van der Waals surface area contributed by atoms with Gasteiger partial charge < -0.3 is 10.1 Å². The van der Waals surface area contributed by atoms with E-state index in [-0.39, 0.29) is 11.9 Å². The zero-order valence-corrected chi connectivity index (χ0v) is 20.6. The first kappa shape index (κ1) is 22.1. The Hall–Kier alpha value is -2.67. The van der Waals surface area contributed by atoms with Crippen LogP contribution in [0.1, 0.15) is 54.9 Å². The molecule has 0 radical (unpaired) electrons. The lowest BCUT2D eigenvalue weighted by Gasteiger charge is -2.33. The minimum Gasteiger partial charge on any atom is -0.466 e. The van der Waals surface area contributed by atoms with Crippen molar-refractivity contribution in [3.8, 4) is 0 Å². The van der Waals surface area contributed by atoms with Crippen LogP contribution in [0.4, 0.5) is 0 Å². The number of nitrogens with zero attached hydrogens (tertiary/aromatic N) is 1. The van der Waals surface area contributed by atoms with Crippen LogP contribution in [0.3, 0.4) is 0 Å². The summed E-state index contributed by atoms with van der Waals surface area (Å²) in [6.07, 6.45) is 5.01. The Morgan fingerprint density at radius 2 is 1.52 bits per heavy atom. The van der Waals surface area contributed by atoms with E-state index in [0.717, 1.165) is 45.9 Å². The van der Waals surface area contributed by atoms with Crippen LogP contribution < -0.4 is 5.32 Å². The minimum absolute atomic E-state index is 0.0876. The molecule has 3 aromatic carbocycles. The Bertz CT molecular complexity index is 1140. The molecule has 0 bridgehead atoms. The molecule has 2 aliphatic rings. The van der Waals surface area contributed by atoms with Crippen molar-refractivity contribution in [1.29, 1.82) is 0 Å². The van der Waals surface area contributed by atoms with Crippen molar-refractivity contribution < 1.29 is 9.53 Å². The van der Waals surface area contributed by atoms with E-state index in [1.807, 2.05) is 84.9 Å². The van der Waals surface area contributed by atoms with Crippen LogP contribution >= 0.6 is 22.6 Å². The van der Waals surface area contributed by atoms with Gasteiger partial charge in [0.2, 0.25) is 11.4 Å². The van der Waals surface area contributed by atoms with Crippen molar-refractivity contribution >= 4 is 34.4 Å². The topological polar surface area (TPSA) is 50.7 Å². The molecular formula is C28H27IN2O2. The average Bonchev–Trinajstić information content (AvgIpc) is 3.28. The highest BCUT2D eigenvalue weighted by Crippen LogP contribution is 2.47. The Kier molecular flexibility index (Phi) is 6.49. The molecule has 1 fully saturated rings. The molecule has 3 aromatic rings. The summed E-state index contributed by atoms with van der Waals surface area (Å²) in [5.74, 6) is 0.423. The second kappa shape index (κ2) is 9.67. The van der Waals surface area contributed by atoms with E-state index in [2.05, 4.69) is 27.9 Å². The lowest BCUT2D eigenvalue weighted by atomic mass is 9.80. The summed E-state index contributed by atoms with van der Waals surface area (Å²) >= 11 is 2.30. The fourth-order valence-electron chi connectivity index (χ4n) is 4.89. The Labute approximate surface area is 208 Å². The Morgan fingerprint density at radius 3 is 2.21 bits per heavy atom. The van der Waals surface area contributed by atoms with Gasteiger partial charge in [-0.15, -0.1) is 0 Å². The largest absolute Gasteiger partial charge is 0.466 e. The molecule has 1 aliphatic carbocycles. The van der Waals surface area contributed by atoms with E-state index in [4.69, 9.17) is 9.73 Å². The molecular weight excluding hydrogens is 523 g/mol. The molecule has 1 heterocycles. The van der Waals surface area contributed by atoms with E-state index >= 15 is 0 Å². The number of ether oxygens (including phenoxy) is 1. The van der Waals surface area contributed by atoms with Gasteiger partial charge in [-0.3, -0.25) is 4.79 Å². The number of aliphatic imine (C=N–C) groups is 1. The van der Waals surface area contributed by atoms with Crippen molar-refractivity contribution in [2.45, 2.75) is 49.8 Å². The lowest BCUT2D eigenvalue weighted by Crippen LogP contribution is -2.49. The molecule has 0 aromatic heterocycles. The molecule has 0 spiro atoms. The van der Waals surface area contributed by atoms with Gasteiger partial charge in [-0.25, -0.2) is 4.99 Å². The number of halogens is 1. The molecule has 0 saturated heterocycles. The molecule has 168 valence electrons. The number of carbonyl (C=O) groups excluding carboxylic acids is 1. The van der Waals surface area contributed by atoms with E-state index in [0.29, 0.717) is 5.90 Å². The maximum Gasteiger partial charge on any atom is 0.257 e. The highest BCUT2D eigenvalue weighted by molar-refractivity contribution is 14.1. The molecule has 1 aliphatic heterocycles. The van der Waals surface area contributed by atoms with Gasteiger partial charge in [-0.1, -0.05) is 92.1 Å². The number of carbonyl (C=O) groups is 1. The Balaban J connectivity index is 1.66. The summed E-state index contributed by atoms with van der Waals surface area (Å²) in [7, 11) is 0. The first-order valence-electron chi connectivity index (χ1n) is 11.6. The fourth-order valence-corrected chi connectivity index (χ4v) is 5.51. The maximum absolute atomic E-state index is 14.2. The zero-order valence-electron chi connectivity index (χ0n) is 18.4. The van der Waals surface area contributed by atoms with Gasteiger partial charge in [-0.2, -0.15) is 0 Å². The standard InChI is InChI=1S/C28H27IN2O2/c29-24-19-11-10-18-23(24)26-31-28(21-14-6-2-7-15-21,25(33-26)20-12-4-1-5-13-20)27(32)30-22-16-8-3-9-17-22/h1-2,4-7,10-15,18-19,22,25H,3,8-9,16-17H2,(H,30,32)/t25-,28+/m0/s1. The molecule has 0 unspecified atom stereocenters. The highest BCUT2D eigenvalue weighted by atomic mass is 127. The smallest absolute Gasteiger partial charge is 0.257 e. The minimum atomic E-state index is -1.20. The third-order valence-electron chi connectivity index (χ3n) is 6.59. The van der Waals surface area contributed by atoms with Crippen LogP contribution in [0, 0.1) is 3.57 Å². The normalized spacial score (nSPS) is 22.9. The summed E-state index contributed by atoms with van der Waals surface area (Å²) in [5.41, 5.74) is 1.48. The predicted molar refractivity (Wildman–Crippen MR) is 139 cm³/mol. The molecule has 2 atom stereocenters. The van der Waals surface area contributed by atoms with Crippen molar-refractivity contribution in [1.82, 2.24) is 5.32 Å². The SMILES string of the molecule is O=C(NC1CCCCC1)[C@]1(c2ccccc2)N=C(c2ccccc2I)O[C@H]1c1ccccc1. The number of hydrogen-bond acceptors (Lipinski definition) is 3. The summed E-state index contributed by atoms with van der Waals surface area (Å²) in [6.45, 7) is 0. The van der Waals surface area contributed by atoms with Gasteiger partial charge in [0.05, 0.1) is 0 Å². The van der Waals surface area contributed by atoms with Crippen LogP contribution in [0.5, 0.6) is 0 Å². The average molecular weight is 550 g/mol. The second-order valence-electron chi connectivity index (χ2n) is 8.75. The molecule has 1 N–H and O–H groups in total. The van der Waals surface area contributed by atoms with Gasteiger partial charge in [0.25, 0.3) is 5.91 Å². The van der Waals surface area contributed by atoms with Gasteiger partial charge in [-0.05, 0) is 58.7 Å². The quantitative estimate of drug-likeness (QED) is 0.388. The molecule has 4 nitrogen and oxygen atoms in total. The van der Waals surface area contributed by atoms with E-state index in [1.54, 1.807) is 0 Å². The summed E-state index contributed by atoms with van der Waals surface area (Å²) in [4.78, 5) is 19.3. The third kappa shape index (κ3) is 4.31. The van der Waals surface area contributed by atoms with Gasteiger partial charge in [0.1, 0.15) is 0 Å². The van der Waals surface area contributed by atoms with Gasteiger partial charge in [0, 0.05) is 15.2 Å². The molecule has 5 heteroatoms. The van der Waals surface area contributed by atoms with Gasteiger partial charge in [0.15, 0.2) is 6.10 Å². The van der Waals surface area contributed by atoms with E-state index in [1.165, 1.54) is 6.42 Å². The highest BCUT2D eigenvalue weighted by Gasteiger charge is 2.55.